The standard InChI is InChI=1S/C33H36N2O13S.C32H32N2O13.C27H29NO11.C6H5NO3.C2H6.ClH/c1-13-27(39)16(34-12-35-21(38)8-19(49-3)32(35)44)7-22(47-13)48-18-10-33(45,20(37)11-36)9-15-24(18)31(43)26-25(29(15)41)28(40)14-5-4-6-17(46-2)23(14)30(26)42;1-13-27(39)16(33-12-34-20(37)6-7-21(34)38)8-22(46-13)47-18-10-32(44,19(36)11-35)9-15-24(18)31(43)26-25(29(15)41)28(40)14-4-3-5-17(45-2)23(14)30(26)42;1-10-22(31)13(28)6-17(38-10)39-15-8-27(36,16(30)9-29)7-12-19(15)26(35)21-20(24(12)33)23(32)11-4-3-5-14(37-2)18(11)25(21)34;8-4-3-7-5(9)1-2-6(7)10;1-2;/h4-6,13,16,18-19,22,27,34,36,39,41,43,45H,7-12H2,1-3H3;3-7,13,16,18,22,27,33,35,39,41,43-44H,8-12H2,1-2H3;3-5,10,13,15,17,22,29,31,33,35-36H,6-9,28H2,1-2H3;1-2,4H,3H2;1-2H3;1H/t13?,16?,18-,19?,22?,27?,33-;13?,16?,18-,22?,27?,32-;10?,13?,15-,17?,22?,27-;;;/m000.../s1. The van der Waals surface area contributed by atoms with Crippen molar-refractivity contribution in [3.8, 4) is 51.7 Å². The first-order valence-corrected chi connectivity index (χ1v) is 47.8. The summed E-state index contributed by atoms with van der Waals surface area (Å²) in [7, 11) is 3.93. The van der Waals surface area contributed by atoms with Crippen LogP contribution in [0.4, 0.5) is 0 Å². The Morgan fingerprint density at radius 1 is 0.446 bits per heavy atom. The first-order valence-electron chi connectivity index (χ1n) is 46.5. The number of phenols is 6. The molecule has 0 bridgehead atoms. The molecule has 6 aliphatic carbocycles. The highest BCUT2D eigenvalue weighted by Gasteiger charge is 2.56. The minimum atomic E-state index is -2.33. The van der Waals surface area contributed by atoms with E-state index in [1.54, 1.807) is 20.1 Å². The van der Waals surface area contributed by atoms with E-state index in [9.17, 15) is 153 Å². The van der Waals surface area contributed by atoms with E-state index in [2.05, 4.69) is 10.6 Å². The van der Waals surface area contributed by atoms with Crippen molar-refractivity contribution in [2.24, 2.45) is 5.73 Å². The molecule has 19 atom stereocenters. The summed E-state index contributed by atoms with van der Waals surface area (Å²) in [4.78, 5) is 204. The van der Waals surface area contributed by atoms with Gasteiger partial charge in [0.25, 0.3) is 23.6 Å². The molecule has 19 N–H and O–H groups in total. The molecule has 48 heteroatoms. The summed E-state index contributed by atoms with van der Waals surface area (Å²) >= 11 is 1.26. The highest BCUT2D eigenvalue weighted by Crippen LogP contribution is 2.58. The number of aromatic hydroxyl groups is 6. The van der Waals surface area contributed by atoms with E-state index >= 15 is 0 Å². The second-order valence-electron chi connectivity index (χ2n) is 36.4. The molecular weight excluding hydrogens is 1990 g/mol. The van der Waals surface area contributed by atoms with Crippen LogP contribution in [0.5, 0.6) is 51.7 Å². The second kappa shape index (κ2) is 44.8. The molecule has 0 saturated carbocycles. The monoisotopic (exact) mass is 2100 g/mol. The van der Waals surface area contributed by atoms with Crippen LogP contribution in [-0.2, 0) is 95.6 Å². The van der Waals surface area contributed by atoms with Crippen molar-refractivity contribution in [1.29, 1.82) is 0 Å². The highest BCUT2D eigenvalue weighted by atomic mass is 35.5. The number of nitrogens with two attached hydrogens (primary N) is 1. The number of hydrogen-bond acceptors (Lipinski definition) is 44. The van der Waals surface area contributed by atoms with Gasteiger partial charge in [-0.25, -0.2) is 0 Å². The maximum atomic E-state index is 13.9. The van der Waals surface area contributed by atoms with Crippen LogP contribution in [0, 0.1) is 0 Å². The van der Waals surface area contributed by atoms with Crippen LogP contribution >= 0.6 is 24.2 Å². The normalized spacial score (nSPS) is 27.8. The smallest absolute Gasteiger partial charge is 0.254 e. The Labute approximate surface area is 851 Å². The highest BCUT2D eigenvalue weighted by molar-refractivity contribution is 8.00. The molecular formula is C100H109ClN6O40S. The Morgan fingerprint density at radius 3 is 1.03 bits per heavy atom. The average molecular weight is 2100 g/mol. The summed E-state index contributed by atoms with van der Waals surface area (Å²) in [6, 6.07) is 10.7. The Bertz CT molecular complexity index is 6480. The molecule has 792 valence electrons. The summed E-state index contributed by atoms with van der Waals surface area (Å²) < 4.78 is 51.7. The lowest BCUT2D eigenvalue weighted by Crippen LogP contribution is -2.56. The summed E-state index contributed by atoms with van der Waals surface area (Å²) in [6.45, 7) is 4.95. The molecule has 6 aliphatic heterocycles. The molecule has 4 fully saturated rings. The van der Waals surface area contributed by atoms with Crippen LogP contribution in [0.2, 0.25) is 0 Å². The molecule has 0 radical (unpaired) electrons. The number of carbonyl (C=O) groups excluding carboxylic acids is 16. The Morgan fingerprint density at radius 2 is 0.743 bits per heavy atom. The zero-order chi connectivity index (χ0) is 107. The van der Waals surface area contributed by atoms with E-state index < -0.39 is 316 Å². The number of rotatable bonds is 24. The number of ether oxygens (including phenoxy) is 9. The summed E-state index contributed by atoms with van der Waals surface area (Å²) in [5.41, 5.74) is -5.60. The second-order valence-corrected chi connectivity index (χ2v) is 37.4. The number of likely N-dealkylation sites (tertiary alicyclic amines) is 1. The number of aliphatic hydroxyl groups excluding tert-OH is 6. The molecule has 148 heavy (non-hydrogen) atoms. The SMILES string of the molecule is CC.COc1cccc2c1C(=O)c1c(O)c3c(c(O)c1C2=O)C[C@@](O)(C(=O)CO)C[C@@H]3OC1CC(N)C(O)C(C)O1.COc1cccc2c1C(=O)c1c(O)c3c(c(O)c1C2=O)C[C@@](O)(C(=O)CO)C[C@@H]3OC1CC(NCN2C(=O)C=CC2=O)C(O)C(C)O1.COc1cccc2c1C(=O)c1c(O)c3c(c(O)c1C2=O)C[C@@](O)(C(=O)CO)C[C@@H]3OC1CC(NCN2C(=O)CC(SC)C2=O)C(O)C(C)O1.Cl.O=CCN1C(=O)C=CC1=O. The van der Waals surface area contributed by atoms with E-state index in [0.29, 0.717) is 6.29 Å². The number of methoxy groups -OCH3 is 3. The van der Waals surface area contributed by atoms with Crippen LogP contribution in [-0.4, -0.2) is 348 Å². The topological polar surface area (TPSA) is 719 Å². The van der Waals surface area contributed by atoms with Crippen molar-refractivity contribution < 1.29 is 196 Å². The minimum absolute atomic E-state index is 0. The third kappa shape index (κ3) is 20.3. The zero-order valence-electron chi connectivity index (χ0n) is 80.8. The summed E-state index contributed by atoms with van der Waals surface area (Å²) in [5.74, 6) is -14.5. The third-order valence-corrected chi connectivity index (χ3v) is 28.8. The number of halogens is 1. The van der Waals surface area contributed by atoms with Crippen LogP contribution in [0.25, 0.3) is 0 Å². The van der Waals surface area contributed by atoms with Crippen LogP contribution in [0.15, 0.2) is 78.9 Å². The van der Waals surface area contributed by atoms with Crippen LogP contribution in [0.1, 0.15) is 227 Å². The lowest BCUT2D eigenvalue weighted by atomic mass is 9.72. The number of hydrogen-bond donors (Lipinski definition) is 18. The molecule has 6 aromatic carbocycles. The van der Waals surface area contributed by atoms with Gasteiger partial charge in [0.05, 0.1) is 151 Å². The van der Waals surface area contributed by atoms with Gasteiger partial charge >= 0.3 is 0 Å². The summed E-state index contributed by atoms with van der Waals surface area (Å²) in [5, 5.41) is 169. The van der Waals surface area contributed by atoms with Crippen molar-refractivity contribution in [3.63, 3.8) is 0 Å². The number of benzene rings is 6. The van der Waals surface area contributed by atoms with E-state index in [1.807, 2.05) is 13.8 Å². The quantitative estimate of drug-likeness (QED) is 0.0218. The van der Waals surface area contributed by atoms with Crippen molar-refractivity contribution >= 4 is 118 Å². The van der Waals surface area contributed by atoms with Crippen molar-refractivity contribution in [3.05, 3.63) is 179 Å². The van der Waals surface area contributed by atoms with Gasteiger partial charge in [-0.2, -0.15) is 11.8 Å². The fourth-order valence-electron chi connectivity index (χ4n) is 20.3. The number of aldehydes is 1. The maximum Gasteiger partial charge on any atom is 0.254 e. The lowest BCUT2D eigenvalue weighted by molar-refractivity contribution is -0.250. The van der Waals surface area contributed by atoms with Gasteiger partial charge in [-0.15, -0.1) is 12.4 Å². The van der Waals surface area contributed by atoms with Gasteiger partial charge in [-0.05, 0) is 45.2 Å². The first kappa shape index (κ1) is 112. The molecule has 6 aromatic rings. The molecule has 18 rings (SSSR count). The van der Waals surface area contributed by atoms with Gasteiger partial charge in [-0.3, -0.25) is 97.3 Å². The van der Waals surface area contributed by atoms with Crippen LogP contribution < -0.4 is 30.6 Å². The number of ketones is 9. The maximum absolute atomic E-state index is 13.9. The van der Waals surface area contributed by atoms with Gasteiger partial charge in [0.2, 0.25) is 29.2 Å². The predicted molar refractivity (Wildman–Crippen MR) is 508 cm³/mol. The number of thioether (sulfide) groups is 1. The summed E-state index contributed by atoms with van der Waals surface area (Å²) in [6.07, 6.45) is -10.1. The zero-order valence-corrected chi connectivity index (χ0v) is 82.4. The number of imide groups is 3. The van der Waals surface area contributed by atoms with Crippen molar-refractivity contribution in [2.75, 3.05) is 67.3 Å². The molecule has 0 aromatic heterocycles. The lowest BCUT2D eigenvalue weighted by Gasteiger charge is -2.43. The number of carbonyl (C=O) groups is 16. The fourth-order valence-corrected chi connectivity index (χ4v) is 20.9. The Hall–Kier alpha value is -13.0. The number of nitrogens with one attached hydrogen (secondary N) is 2. The molecule has 46 nitrogen and oxygen atoms in total. The molecule has 4 saturated heterocycles. The van der Waals surface area contributed by atoms with Crippen molar-refractivity contribution in [2.45, 2.75) is 213 Å². The number of fused-ring (bicyclic) bond motifs is 9. The minimum Gasteiger partial charge on any atom is -0.507 e. The van der Waals surface area contributed by atoms with Gasteiger partial charge in [0.1, 0.15) is 94.7 Å². The first-order chi connectivity index (χ1) is 69.7. The third-order valence-electron chi connectivity index (χ3n) is 27.9. The largest absolute Gasteiger partial charge is 0.507 e. The number of Topliss-reactive ketones (excluding diaryl/α,β-unsaturated/α-hetero) is 3. The van der Waals surface area contributed by atoms with Gasteiger partial charge in [0, 0.05) is 157 Å². The van der Waals surface area contributed by atoms with E-state index in [1.165, 1.54) is 94.6 Å². The van der Waals surface area contributed by atoms with Crippen molar-refractivity contribution in [1.82, 2.24) is 25.3 Å². The molecule has 13 unspecified atom stereocenters. The van der Waals surface area contributed by atoms with E-state index in [4.69, 9.17) is 48.4 Å². The predicted octanol–water partition coefficient (Wildman–Crippen LogP) is 0.155. The van der Waals surface area contributed by atoms with Gasteiger partial charge < -0.3 is 130 Å². The van der Waals surface area contributed by atoms with E-state index in [-0.39, 0.29) is 154 Å². The Balaban J connectivity index is 0.000000175. The number of aliphatic hydroxyl groups is 9. The van der Waals surface area contributed by atoms with Gasteiger partial charge in [0.15, 0.2) is 53.6 Å². The van der Waals surface area contributed by atoms with E-state index in [0.717, 1.165) is 39.0 Å². The number of nitrogens with zero attached hydrogens (tertiary/aromatic N) is 3. The number of amides is 6. The average Bonchev–Trinajstić information content (AvgIpc) is 0.867. The molecule has 0 spiro atoms. The molecule has 6 heterocycles. The van der Waals surface area contributed by atoms with Gasteiger partial charge in [-0.1, -0.05) is 50.2 Å². The molecule has 6 amide bonds. The molecule has 12 aliphatic rings. The fraction of sp³-hybridized carbons (Fsp3) is 0.440. The Kier molecular flexibility index (Phi) is 34.0. The number of phenolic OH excluding ortho intramolecular Hbond substituents is 6. The van der Waals surface area contributed by atoms with Crippen LogP contribution in [0.3, 0.4) is 0 Å².